The average Bonchev–Trinajstić information content (AvgIpc) is 2.90. The molecule has 118 valence electrons. The summed E-state index contributed by atoms with van der Waals surface area (Å²) in [6, 6.07) is 12.7. The molecule has 3 rings (SSSR count). The molecule has 0 aliphatic carbocycles. The second kappa shape index (κ2) is 6.74. The Kier molecular flexibility index (Phi) is 4.71. The molecule has 1 aromatic heterocycles. The zero-order valence-electron chi connectivity index (χ0n) is 12.2. The molecule has 0 spiro atoms. The van der Waals surface area contributed by atoms with Crippen LogP contribution in [0.25, 0.3) is 11.0 Å². The summed E-state index contributed by atoms with van der Waals surface area (Å²) in [7, 11) is 1.58. The molecule has 0 aliphatic heterocycles. The van der Waals surface area contributed by atoms with Gasteiger partial charge in [-0.25, -0.2) is 0 Å². The molecule has 1 N–H and O–H groups in total. The van der Waals surface area contributed by atoms with Crippen LogP contribution in [-0.4, -0.2) is 13.0 Å². The largest absolute Gasteiger partial charge is 0.451 e. The predicted molar refractivity (Wildman–Crippen MR) is 94.0 cm³/mol. The van der Waals surface area contributed by atoms with Crippen LogP contribution < -0.4 is 5.32 Å². The number of hydrogen-bond donors (Lipinski definition) is 1. The highest BCUT2D eigenvalue weighted by atomic mass is 79.9. The smallest absolute Gasteiger partial charge is 0.291 e. The highest BCUT2D eigenvalue weighted by molar-refractivity contribution is 9.10. The van der Waals surface area contributed by atoms with Crippen molar-refractivity contribution < 1.29 is 13.9 Å². The molecule has 4 nitrogen and oxygen atoms in total. The van der Waals surface area contributed by atoms with Crippen molar-refractivity contribution in [2.24, 2.45) is 0 Å². The number of methoxy groups -OCH3 is 1. The van der Waals surface area contributed by atoms with Crippen molar-refractivity contribution in [3.63, 3.8) is 0 Å². The van der Waals surface area contributed by atoms with Crippen molar-refractivity contribution >= 4 is 50.1 Å². The molecule has 0 saturated carbocycles. The first-order chi connectivity index (χ1) is 11.1. The Hall–Kier alpha value is -1.82. The topological polar surface area (TPSA) is 51.5 Å². The standard InChI is InChI=1S/C17H13BrClNO3/c1-22-9-12-11-4-2-3-5-15(11)23-16(12)17(21)20-14-7-6-10(18)8-13(14)19/h2-8H,9H2,1H3,(H,20,21). The van der Waals surface area contributed by atoms with Crippen molar-refractivity contribution in [1.29, 1.82) is 0 Å². The van der Waals surface area contributed by atoms with E-state index in [4.69, 9.17) is 20.8 Å². The molecule has 0 unspecified atom stereocenters. The normalized spacial score (nSPS) is 10.9. The van der Waals surface area contributed by atoms with E-state index in [0.717, 1.165) is 9.86 Å². The molecule has 3 aromatic rings. The Morgan fingerprint density at radius 3 is 2.83 bits per heavy atom. The molecule has 23 heavy (non-hydrogen) atoms. The number of fused-ring (bicyclic) bond motifs is 1. The van der Waals surface area contributed by atoms with Gasteiger partial charge in [-0.1, -0.05) is 45.7 Å². The van der Waals surface area contributed by atoms with Gasteiger partial charge in [0.25, 0.3) is 5.91 Å². The molecule has 6 heteroatoms. The summed E-state index contributed by atoms with van der Waals surface area (Å²) in [5, 5.41) is 4.08. The monoisotopic (exact) mass is 393 g/mol. The molecular formula is C17H13BrClNO3. The molecule has 1 amide bonds. The maximum absolute atomic E-state index is 12.6. The van der Waals surface area contributed by atoms with Gasteiger partial charge in [0.2, 0.25) is 0 Å². The Balaban J connectivity index is 1.98. The molecule has 0 atom stereocenters. The van der Waals surface area contributed by atoms with Crippen LogP contribution in [0.4, 0.5) is 5.69 Å². The van der Waals surface area contributed by atoms with E-state index in [0.29, 0.717) is 21.9 Å². The Bertz CT molecular complexity index is 875. The summed E-state index contributed by atoms with van der Waals surface area (Å²) in [5.74, 6) is -0.135. The molecule has 2 aromatic carbocycles. The number of nitrogens with one attached hydrogen (secondary N) is 1. The van der Waals surface area contributed by atoms with E-state index in [1.807, 2.05) is 24.3 Å². The van der Waals surface area contributed by atoms with Crippen molar-refractivity contribution in [2.75, 3.05) is 12.4 Å². The van der Waals surface area contributed by atoms with Crippen molar-refractivity contribution in [3.05, 3.63) is 63.3 Å². The van der Waals surface area contributed by atoms with E-state index < -0.39 is 0 Å². The van der Waals surface area contributed by atoms with Crippen molar-refractivity contribution in [3.8, 4) is 0 Å². The summed E-state index contributed by atoms with van der Waals surface area (Å²) < 4.78 is 11.7. The van der Waals surface area contributed by atoms with Gasteiger partial charge in [-0.2, -0.15) is 0 Å². The number of furan rings is 1. The molecule has 0 fully saturated rings. The maximum atomic E-state index is 12.6. The number of anilines is 1. The number of carbonyl (C=O) groups excluding carboxylic acids is 1. The van der Waals surface area contributed by atoms with Crippen molar-refractivity contribution in [1.82, 2.24) is 0 Å². The SMILES string of the molecule is COCc1c(C(=O)Nc2ccc(Br)cc2Cl)oc2ccccc12. The fourth-order valence-corrected chi connectivity index (χ4v) is 3.06. The van der Waals surface area contributed by atoms with Gasteiger partial charge in [0.15, 0.2) is 5.76 Å². The van der Waals surface area contributed by atoms with Crippen LogP contribution >= 0.6 is 27.5 Å². The summed E-state index contributed by atoms with van der Waals surface area (Å²) in [6.07, 6.45) is 0. The number of carbonyl (C=O) groups is 1. The number of amides is 1. The fourth-order valence-electron chi connectivity index (χ4n) is 2.34. The average molecular weight is 395 g/mol. The van der Waals surface area contributed by atoms with Gasteiger partial charge in [-0.15, -0.1) is 0 Å². The number of para-hydroxylation sites is 1. The van der Waals surface area contributed by atoms with Gasteiger partial charge >= 0.3 is 0 Å². The Labute approximate surface area is 146 Å². The number of ether oxygens (including phenoxy) is 1. The molecule has 1 heterocycles. The lowest BCUT2D eigenvalue weighted by molar-refractivity contribution is 0.0992. The van der Waals surface area contributed by atoms with Crippen LogP contribution in [0.1, 0.15) is 16.1 Å². The van der Waals surface area contributed by atoms with Gasteiger partial charge in [0.1, 0.15) is 5.58 Å². The maximum Gasteiger partial charge on any atom is 0.291 e. The van der Waals surface area contributed by atoms with Crippen LogP contribution in [0.15, 0.2) is 51.4 Å². The first-order valence-corrected chi connectivity index (χ1v) is 8.03. The van der Waals surface area contributed by atoms with Crippen LogP contribution in [-0.2, 0) is 11.3 Å². The minimum absolute atomic E-state index is 0.229. The predicted octanol–water partition coefficient (Wildman–Crippen LogP) is 5.25. The van der Waals surface area contributed by atoms with Crippen molar-refractivity contribution in [2.45, 2.75) is 6.61 Å². The van der Waals surface area contributed by atoms with E-state index in [1.54, 1.807) is 25.3 Å². The highest BCUT2D eigenvalue weighted by Gasteiger charge is 2.21. The number of rotatable bonds is 4. The van der Waals surface area contributed by atoms with Gasteiger partial charge in [-0.3, -0.25) is 4.79 Å². The van der Waals surface area contributed by atoms with Crippen LogP contribution in [0.3, 0.4) is 0 Å². The Morgan fingerprint density at radius 1 is 1.30 bits per heavy atom. The van der Waals surface area contributed by atoms with E-state index in [9.17, 15) is 4.79 Å². The minimum Gasteiger partial charge on any atom is -0.451 e. The third kappa shape index (κ3) is 3.27. The third-order valence-electron chi connectivity index (χ3n) is 3.37. The molecule has 0 saturated heterocycles. The first-order valence-electron chi connectivity index (χ1n) is 6.86. The number of hydrogen-bond acceptors (Lipinski definition) is 3. The van der Waals surface area contributed by atoms with Gasteiger partial charge in [-0.05, 0) is 24.3 Å². The lowest BCUT2D eigenvalue weighted by Crippen LogP contribution is -2.13. The van der Waals surface area contributed by atoms with Crippen LogP contribution in [0, 0.1) is 0 Å². The van der Waals surface area contributed by atoms with E-state index in [-0.39, 0.29) is 18.3 Å². The minimum atomic E-state index is -0.363. The lowest BCUT2D eigenvalue weighted by Gasteiger charge is -2.07. The van der Waals surface area contributed by atoms with Gasteiger partial charge < -0.3 is 14.5 Å². The fraction of sp³-hybridized carbons (Fsp3) is 0.118. The Morgan fingerprint density at radius 2 is 2.09 bits per heavy atom. The van der Waals surface area contributed by atoms with E-state index in [1.165, 1.54) is 0 Å². The van der Waals surface area contributed by atoms with Gasteiger partial charge in [0.05, 0.1) is 17.3 Å². The first kappa shape index (κ1) is 16.1. The third-order valence-corrected chi connectivity index (χ3v) is 4.18. The van der Waals surface area contributed by atoms with E-state index >= 15 is 0 Å². The zero-order valence-corrected chi connectivity index (χ0v) is 14.6. The number of halogens is 2. The molecular weight excluding hydrogens is 382 g/mol. The molecule has 0 bridgehead atoms. The zero-order chi connectivity index (χ0) is 16.4. The van der Waals surface area contributed by atoms with Crippen LogP contribution in [0.5, 0.6) is 0 Å². The summed E-state index contributed by atoms with van der Waals surface area (Å²) >= 11 is 9.47. The highest BCUT2D eigenvalue weighted by Crippen LogP contribution is 2.29. The second-order valence-electron chi connectivity index (χ2n) is 4.92. The number of benzene rings is 2. The van der Waals surface area contributed by atoms with E-state index in [2.05, 4.69) is 21.2 Å². The van der Waals surface area contributed by atoms with Gasteiger partial charge in [0, 0.05) is 22.5 Å². The quantitative estimate of drug-likeness (QED) is 0.658. The molecule has 0 aliphatic rings. The summed E-state index contributed by atoms with van der Waals surface area (Å²) in [6.45, 7) is 0.286. The summed E-state index contributed by atoms with van der Waals surface area (Å²) in [5.41, 5.74) is 1.88. The second-order valence-corrected chi connectivity index (χ2v) is 6.24. The molecule has 0 radical (unpaired) electrons. The lowest BCUT2D eigenvalue weighted by atomic mass is 10.1. The summed E-state index contributed by atoms with van der Waals surface area (Å²) in [4.78, 5) is 12.6. The van der Waals surface area contributed by atoms with Crippen LogP contribution in [0.2, 0.25) is 5.02 Å².